The quantitative estimate of drug-likeness (QED) is 0.597. The van der Waals surface area contributed by atoms with E-state index in [1.165, 1.54) is 0 Å². The van der Waals surface area contributed by atoms with Gasteiger partial charge in [0.2, 0.25) is 0 Å². The highest BCUT2D eigenvalue weighted by atomic mass is 31.1. The van der Waals surface area contributed by atoms with Gasteiger partial charge < -0.3 is 4.52 Å². The van der Waals surface area contributed by atoms with Crippen molar-refractivity contribution >= 4 is 14.7 Å². The Balaban J connectivity index is 4.03. The first-order chi connectivity index (χ1) is 4.54. The van der Waals surface area contributed by atoms with Gasteiger partial charge in [-0.25, -0.2) is 4.57 Å². The van der Waals surface area contributed by atoms with E-state index < -0.39 is 20.1 Å². The van der Waals surface area contributed by atoms with Crippen LogP contribution in [0.4, 0.5) is 0 Å². The van der Waals surface area contributed by atoms with E-state index in [0.29, 0.717) is 6.42 Å². The second-order valence-corrected chi connectivity index (χ2v) is 3.02. The number of hydrogen-bond acceptors (Lipinski definition) is 3. The zero-order chi connectivity index (χ0) is 8.20. The minimum atomic E-state index is -0.566. The van der Waals surface area contributed by atoms with Gasteiger partial charge in [-0.2, -0.15) is 0 Å². The maximum Gasteiger partial charge on any atom is 0.398 e. The molecule has 0 aromatic rings. The standard InChI is InChI=1S/C6H11O3P/c1-4-6(2,3)5(7)9-10-8/h4H2,1-3H3. The van der Waals surface area contributed by atoms with Crippen LogP contribution in [0.5, 0.6) is 0 Å². The molecule has 0 saturated heterocycles. The van der Waals surface area contributed by atoms with E-state index in [1.807, 2.05) is 6.92 Å². The molecule has 0 heterocycles. The lowest BCUT2D eigenvalue weighted by Crippen LogP contribution is -2.22. The topological polar surface area (TPSA) is 43.4 Å². The lowest BCUT2D eigenvalue weighted by Gasteiger charge is -2.16. The van der Waals surface area contributed by atoms with Crippen molar-refractivity contribution in [2.75, 3.05) is 0 Å². The fraction of sp³-hybridized carbons (Fsp3) is 0.833. The maximum atomic E-state index is 10.9. The number of rotatable bonds is 3. The number of carbonyl (C=O) groups excluding carboxylic acids is 1. The van der Waals surface area contributed by atoms with E-state index in [9.17, 15) is 9.36 Å². The van der Waals surface area contributed by atoms with E-state index in [-0.39, 0.29) is 0 Å². The van der Waals surface area contributed by atoms with Crippen LogP contribution in [-0.2, 0) is 13.9 Å². The van der Waals surface area contributed by atoms with Gasteiger partial charge in [0.1, 0.15) is 0 Å². The molecule has 58 valence electrons. The summed E-state index contributed by atoms with van der Waals surface area (Å²) in [6.45, 7) is 5.38. The van der Waals surface area contributed by atoms with Crippen molar-refractivity contribution < 1.29 is 13.9 Å². The molecule has 0 rings (SSSR count). The van der Waals surface area contributed by atoms with Gasteiger partial charge in [-0.15, -0.1) is 0 Å². The summed E-state index contributed by atoms with van der Waals surface area (Å²) in [6.07, 6.45) is 0.682. The van der Waals surface area contributed by atoms with Crippen molar-refractivity contribution in [3.8, 4) is 0 Å². The van der Waals surface area contributed by atoms with Crippen molar-refractivity contribution in [1.29, 1.82) is 0 Å². The van der Waals surface area contributed by atoms with Crippen molar-refractivity contribution in [3.05, 3.63) is 0 Å². The molecule has 0 aliphatic rings. The van der Waals surface area contributed by atoms with Gasteiger partial charge in [0, 0.05) is 0 Å². The lowest BCUT2D eigenvalue weighted by molar-refractivity contribution is -0.143. The molecule has 0 bridgehead atoms. The average molecular weight is 162 g/mol. The Hall–Kier alpha value is -0.430. The van der Waals surface area contributed by atoms with Gasteiger partial charge in [-0.3, -0.25) is 4.79 Å². The van der Waals surface area contributed by atoms with E-state index in [0.717, 1.165) is 0 Å². The zero-order valence-electron chi connectivity index (χ0n) is 6.38. The molecule has 0 unspecified atom stereocenters. The molecule has 0 aromatic carbocycles. The maximum absolute atomic E-state index is 10.9. The highest BCUT2D eigenvalue weighted by Gasteiger charge is 2.27. The predicted octanol–water partition coefficient (Wildman–Crippen LogP) is 2.17. The van der Waals surface area contributed by atoms with Crippen LogP contribution >= 0.6 is 8.69 Å². The van der Waals surface area contributed by atoms with Gasteiger partial charge in [0.05, 0.1) is 5.41 Å². The molecule has 0 fully saturated rings. The van der Waals surface area contributed by atoms with Gasteiger partial charge in [-0.05, 0) is 20.3 Å². The fourth-order valence-corrected chi connectivity index (χ4v) is 0.617. The fourth-order valence-electron chi connectivity index (χ4n) is 0.302. The van der Waals surface area contributed by atoms with Crippen LogP contribution in [-0.4, -0.2) is 5.97 Å². The molecule has 0 spiro atoms. The van der Waals surface area contributed by atoms with Crippen LogP contribution in [0.25, 0.3) is 0 Å². The minimum Gasteiger partial charge on any atom is -0.372 e. The summed E-state index contributed by atoms with van der Waals surface area (Å²) in [5, 5.41) is 0. The van der Waals surface area contributed by atoms with E-state index in [4.69, 9.17) is 0 Å². The molecule has 0 saturated carbocycles. The summed E-state index contributed by atoms with van der Waals surface area (Å²) in [6, 6.07) is 0. The lowest BCUT2D eigenvalue weighted by atomic mass is 9.91. The predicted molar refractivity (Wildman–Crippen MR) is 37.8 cm³/mol. The highest BCUT2D eigenvalue weighted by Crippen LogP contribution is 2.23. The highest BCUT2D eigenvalue weighted by molar-refractivity contribution is 7.18. The molecule has 0 amide bonds. The average Bonchev–Trinajstić information content (AvgIpc) is 1.89. The van der Waals surface area contributed by atoms with Crippen LogP contribution in [0.15, 0.2) is 0 Å². The summed E-state index contributed by atoms with van der Waals surface area (Å²) in [5.74, 6) is -0.424. The Bertz CT molecular complexity index is 142. The summed E-state index contributed by atoms with van der Waals surface area (Å²) in [4.78, 5) is 10.9. The van der Waals surface area contributed by atoms with Gasteiger partial charge in [0.15, 0.2) is 0 Å². The van der Waals surface area contributed by atoms with Crippen molar-refractivity contribution in [3.63, 3.8) is 0 Å². The second-order valence-electron chi connectivity index (χ2n) is 2.69. The molecule has 0 aliphatic heterocycles. The second kappa shape index (κ2) is 3.67. The van der Waals surface area contributed by atoms with Crippen LogP contribution < -0.4 is 0 Å². The molecule has 10 heavy (non-hydrogen) atoms. The Morgan fingerprint density at radius 2 is 2.10 bits per heavy atom. The Kier molecular flexibility index (Phi) is 3.51. The molecule has 3 nitrogen and oxygen atoms in total. The molecule has 0 N–H and O–H groups in total. The molecule has 0 aliphatic carbocycles. The molecule has 4 heteroatoms. The third-order valence-corrected chi connectivity index (χ3v) is 1.80. The van der Waals surface area contributed by atoms with Crippen LogP contribution in [0, 0.1) is 5.41 Å². The van der Waals surface area contributed by atoms with Crippen molar-refractivity contribution in [2.45, 2.75) is 27.2 Å². The summed E-state index contributed by atoms with van der Waals surface area (Å²) < 4.78 is 14.1. The Morgan fingerprint density at radius 3 is 2.40 bits per heavy atom. The molecular formula is C6H11O3P. The molecule has 0 aromatic heterocycles. The molecule has 0 atom stereocenters. The van der Waals surface area contributed by atoms with E-state index >= 15 is 0 Å². The SMILES string of the molecule is CCC(C)(C)C(=O)OP=O. The van der Waals surface area contributed by atoms with Crippen LogP contribution in [0.3, 0.4) is 0 Å². The third-order valence-electron chi connectivity index (χ3n) is 1.56. The molecular weight excluding hydrogens is 151 g/mol. The van der Waals surface area contributed by atoms with Gasteiger partial charge >= 0.3 is 14.7 Å². The van der Waals surface area contributed by atoms with Gasteiger partial charge in [0.25, 0.3) is 0 Å². The Morgan fingerprint density at radius 1 is 1.60 bits per heavy atom. The first kappa shape index (κ1) is 9.57. The normalized spacial score (nSPS) is 11.5. The largest absolute Gasteiger partial charge is 0.398 e. The van der Waals surface area contributed by atoms with Gasteiger partial charge in [-0.1, -0.05) is 6.92 Å². The van der Waals surface area contributed by atoms with E-state index in [2.05, 4.69) is 4.52 Å². The zero-order valence-corrected chi connectivity index (χ0v) is 7.27. The number of carbonyl (C=O) groups is 1. The first-order valence-corrected chi connectivity index (χ1v) is 3.81. The smallest absolute Gasteiger partial charge is 0.372 e. The first-order valence-electron chi connectivity index (χ1n) is 3.08. The van der Waals surface area contributed by atoms with Crippen molar-refractivity contribution in [2.24, 2.45) is 5.41 Å². The Labute approximate surface area is 62.0 Å². The van der Waals surface area contributed by atoms with Crippen LogP contribution in [0.2, 0.25) is 0 Å². The summed E-state index contributed by atoms with van der Waals surface area (Å²) >= 11 is 0. The summed E-state index contributed by atoms with van der Waals surface area (Å²) in [7, 11) is -0.566. The monoisotopic (exact) mass is 162 g/mol. The molecule has 0 radical (unpaired) electrons. The summed E-state index contributed by atoms with van der Waals surface area (Å²) in [5.41, 5.74) is -0.516. The van der Waals surface area contributed by atoms with Crippen molar-refractivity contribution in [1.82, 2.24) is 0 Å². The number of hydrogen-bond donors (Lipinski definition) is 0. The van der Waals surface area contributed by atoms with E-state index in [1.54, 1.807) is 13.8 Å². The minimum absolute atomic E-state index is 0.424. The third kappa shape index (κ3) is 2.44. The van der Waals surface area contributed by atoms with Crippen LogP contribution in [0.1, 0.15) is 27.2 Å².